The Morgan fingerprint density at radius 3 is 2.43 bits per heavy atom. The topological polar surface area (TPSA) is 222 Å². The first-order valence-electron chi connectivity index (χ1n) is 15.7. The Morgan fingerprint density at radius 1 is 1.02 bits per heavy atom. The minimum Gasteiger partial charge on any atom is -0.481 e. The Morgan fingerprint density at radius 2 is 1.74 bits per heavy atom. The summed E-state index contributed by atoms with van der Waals surface area (Å²) in [5.41, 5.74) is 5.77. The predicted octanol–water partition coefficient (Wildman–Crippen LogP) is 0.632. The number of carboxylic acids is 1. The van der Waals surface area contributed by atoms with Crippen molar-refractivity contribution >= 4 is 34.9 Å². The number of nitrogen functional groups attached to an aromatic ring is 1. The zero-order valence-electron chi connectivity index (χ0n) is 25.7. The standard InChI is InChI=1S/C32H34N8O7/c1-16(31-5-8-32(9-6-31,10-7-31)28(45)46)35-26(43)20-13-21(40-29(36-20)37-38-30(40)47)27(44)34-14-17-2-3-18-4-11-39(15-19(18)12-17)23-22(33)24(41)25(23)42/h2-3,12-13,16H,4-11,14-15,33H2,1H3,(H,34,44)(H,35,43)(H,38,47)(H,45,46). The van der Waals surface area contributed by atoms with Crippen LogP contribution in [0.1, 0.15) is 83.1 Å². The van der Waals surface area contributed by atoms with Gasteiger partial charge in [-0.25, -0.2) is 19.3 Å². The lowest BCUT2D eigenvalue weighted by Gasteiger charge is -2.54. The van der Waals surface area contributed by atoms with Crippen LogP contribution in [0, 0.1) is 10.8 Å². The van der Waals surface area contributed by atoms with E-state index in [1.807, 2.05) is 25.1 Å². The van der Waals surface area contributed by atoms with Crippen LogP contribution in [0.3, 0.4) is 0 Å². The van der Waals surface area contributed by atoms with Gasteiger partial charge >= 0.3 is 11.7 Å². The third-order valence-electron chi connectivity index (χ3n) is 10.9. The largest absolute Gasteiger partial charge is 0.481 e. The number of H-pyrrole nitrogens is 1. The first-order valence-corrected chi connectivity index (χ1v) is 15.7. The minimum atomic E-state index is -0.748. The summed E-state index contributed by atoms with van der Waals surface area (Å²) in [5.74, 6) is -2.03. The molecule has 15 heteroatoms. The second-order valence-corrected chi connectivity index (χ2v) is 13.2. The van der Waals surface area contributed by atoms with Crippen LogP contribution in [-0.4, -0.2) is 55.1 Å². The second kappa shape index (κ2) is 10.9. The van der Waals surface area contributed by atoms with Gasteiger partial charge in [0.05, 0.1) is 5.41 Å². The van der Waals surface area contributed by atoms with E-state index in [-0.39, 0.29) is 46.5 Å². The second-order valence-electron chi connectivity index (χ2n) is 13.2. The molecule has 15 nitrogen and oxygen atoms in total. The molecular weight excluding hydrogens is 608 g/mol. The number of carbonyl (C=O) groups is 3. The summed E-state index contributed by atoms with van der Waals surface area (Å²) in [6, 6.07) is 6.73. The lowest BCUT2D eigenvalue weighted by Crippen LogP contribution is -2.54. The van der Waals surface area contributed by atoms with Gasteiger partial charge in [0, 0.05) is 25.7 Å². The van der Waals surface area contributed by atoms with E-state index in [9.17, 15) is 33.9 Å². The first kappa shape index (κ1) is 30.3. The van der Waals surface area contributed by atoms with Crippen molar-refractivity contribution in [2.24, 2.45) is 10.8 Å². The average molecular weight is 643 g/mol. The summed E-state index contributed by atoms with van der Waals surface area (Å²) in [5, 5.41) is 21.7. The van der Waals surface area contributed by atoms with Crippen LogP contribution >= 0.6 is 0 Å². The average Bonchev–Trinajstić information content (AvgIpc) is 3.47. The fourth-order valence-corrected chi connectivity index (χ4v) is 7.70. The molecule has 0 saturated heterocycles. The normalized spacial score (nSPS) is 22.6. The Bertz CT molecular complexity index is 2080. The Kier molecular flexibility index (Phi) is 7.02. The molecule has 3 fully saturated rings. The van der Waals surface area contributed by atoms with Crippen LogP contribution in [-0.2, 0) is 24.3 Å². The van der Waals surface area contributed by atoms with Crippen molar-refractivity contribution in [3.05, 3.63) is 83.3 Å². The van der Waals surface area contributed by atoms with E-state index in [1.165, 1.54) is 6.07 Å². The molecule has 4 aliphatic rings. The zero-order chi connectivity index (χ0) is 33.2. The third-order valence-corrected chi connectivity index (χ3v) is 10.9. The zero-order valence-corrected chi connectivity index (χ0v) is 25.7. The molecule has 2 aromatic heterocycles. The van der Waals surface area contributed by atoms with Crippen molar-refractivity contribution < 1.29 is 19.5 Å². The number of rotatable bonds is 8. The van der Waals surface area contributed by atoms with Crippen molar-refractivity contribution in [2.45, 2.75) is 71.0 Å². The van der Waals surface area contributed by atoms with Crippen LogP contribution in [0.4, 0.5) is 11.4 Å². The smallest absolute Gasteiger partial charge is 0.349 e. The molecule has 3 heterocycles. The van der Waals surface area contributed by atoms with Crippen molar-refractivity contribution in [2.75, 3.05) is 17.2 Å². The highest BCUT2D eigenvalue weighted by Crippen LogP contribution is 2.58. The molecule has 2 aromatic carbocycles. The lowest BCUT2D eigenvalue weighted by molar-refractivity contribution is -0.159. The highest BCUT2D eigenvalue weighted by Gasteiger charge is 2.54. The van der Waals surface area contributed by atoms with Crippen LogP contribution < -0.4 is 37.8 Å². The fourth-order valence-electron chi connectivity index (χ4n) is 7.70. The summed E-state index contributed by atoms with van der Waals surface area (Å²) in [4.78, 5) is 81.1. The molecule has 3 saturated carbocycles. The number of fused-ring (bicyclic) bond motifs is 5. The van der Waals surface area contributed by atoms with Gasteiger partial charge in [0.1, 0.15) is 22.8 Å². The Hall–Kier alpha value is -5.34. The number of hydrogen-bond acceptors (Lipinski definition) is 10. The molecule has 2 bridgehead atoms. The number of carboxylic acid groups (broad SMARTS) is 1. The molecule has 0 spiro atoms. The van der Waals surface area contributed by atoms with E-state index in [1.54, 1.807) is 4.90 Å². The maximum absolute atomic E-state index is 13.5. The summed E-state index contributed by atoms with van der Waals surface area (Å²) in [6.45, 7) is 2.95. The first-order chi connectivity index (χ1) is 22.4. The van der Waals surface area contributed by atoms with E-state index in [0.29, 0.717) is 58.0 Å². The quantitative estimate of drug-likeness (QED) is 0.168. The molecule has 8 rings (SSSR count). The molecule has 3 aliphatic carbocycles. The number of aliphatic carboxylic acids is 1. The summed E-state index contributed by atoms with van der Waals surface area (Å²) >= 11 is 0. The van der Waals surface area contributed by atoms with Gasteiger partial charge in [-0.15, -0.1) is 5.10 Å². The number of aromatic nitrogens is 4. The molecule has 4 aromatic rings. The number of amides is 2. The molecule has 1 aliphatic heterocycles. The predicted molar refractivity (Wildman–Crippen MR) is 169 cm³/mol. The third kappa shape index (κ3) is 4.87. The monoisotopic (exact) mass is 642 g/mol. The molecule has 2 amide bonds. The number of benzene rings is 1. The number of carbonyl (C=O) groups excluding carboxylic acids is 2. The van der Waals surface area contributed by atoms with Gasteiger partial charge in [-0.1, -0.05) is 18.2 Å². The highest BCUT2D eigenvalue weighted by molar-refractivity contribution is 5.98. The number of nitrogens with two attached hydrogens (primary N) is 1. The van der Waals surface area contributed by atoms with Crippen molar-refractivity contribution in [1.29, 1.82) is 0 Å². The van der Waals surface area contributed by atoms with Crippen LogP contribution in [0.5, 0.6) is 0 Å². The lowest BCUT2D eigenvalue weighted by atomic mass is 9.52. The molecule has 47 heavy (non-hydrogen) atoms. The van der Waals surface area contributed by atoms with Gasteiger partial charge in [0.15, 0.2) is 0 Å². The number of nitrogens with zero attached hydrogens (tertiary/aromatic N) is 4. The van der Waals surface area contributed by atoms with E-state index in [0.717, 1.165) is 21.1 Å². The summed E-state index contributed by atoms with van der Waals surface area (Å²) in [7, 11) is 0. The van der Waals surface area contributed by atoms with Gasteiger partial charge < -0.3 is 26.4 Å². The van der Waals surface area contributed by atoms with E-state index >= 15 is 0 Å². The Balaban J connectivity index is 1.06. The van der Waals surface area contributed by atoms with Crippen molar-refractivity contribution in [1.82, 2.24) is 30.2 Å². The number of anilines is 2. The van der Waals surface area contributed by atoms with E-state index in [2.05, 4.69) is 25.8 Å². The maximum atomic E-state index is 13.5. The maximum Gasteiger partial charge on any atom is 0.349 e. The fraction of sp³-hybridized carbons (Fsp3) is 0.438. The highest BCUT2D eigenvalue weighted by atomic mass is 16.4. The van der Waals surface area contributed by atoms with Gasteiger partial charge in [0.25, 0.3) is 28.4 Å². The number of nitrogens with one attached hydrogen (secondary N) is 3. The number of aromatic amines is 1. The molecule has 1 unspecified atom stereocenters. The van der Waals surface area contributed by atoms with Gasteiger partial charge in [-0.3, -0.25) is 24.0 Å². The van der Waals surface area contributed by atoms with Crippen LogP contribution in [0.2, 0.25) is 0 Å². The van der Waals surface area contributed by atoms with Gasteiger partial charge in [0.2, 0.25) is 0 Å². The minimum absolute atomic E-state index is 0.0167. The molecule has 244 valence electrons. The van der Waals surface area contributed by atoms with Crippen LogP contribution in [0.15, 0.2) is 38.6 Å². The van der Waals surface area contributed by atoms with Crippen LogP contribution in [0.25, 0.3) is 5.78 Å². The van der Waals surface area contributed by atoms with E-state index < -0.39 is 39.7 Å². The van der Waals surface area contributed by atoms with Gasteiger partial charge in [-0.05, 0) is 80.0 Å². The SMILES string of the molecule is CC(NC(=O)c1cc(C(=O)NCc2ccc3c(c2)CN(c2c(N)c(=O)c2=O)CC3)n2c(=O)[nH]nc2n1)C12CCC(C(=O)O)(CC1)CC2. The summed E-state index contributed by atoms with van der Waals surface area (Å²) in [6.07, 6.45) is 4.46. The number of hydrogen-bond donors (Lipinski definition) is 5. The van der Waals surface area contributed by atoms with Gasteiger partial charge in [-0.2, -0.15) is 0 Å². The molecule has 6 N–H and O–H groups in total. The van der Waals surface area contributed by atoms with Crippen molar-refractivity contribution in [3.8, 4) is 0 Å². The molecule has 0 radical (unpaired) electrons. The summed E-state index contributed by atoms with van der Waals surface area (Å²) < 4.78 is 1.00. The van der Waals surface area contributed by atoms with Crippen molar-refractivity contribution in [3.63, 3.8) is 0 Å². The van der Waals surface area contributed by atoms with E-state index in [4.69, 9.17) is 5.73 Å². The molecular formula is C32H34N8O7. The Labute approximate surface area is 266 Å². The molecule has 1 atom stereocenters.